The molecule has 3 atom stereocenters. The third-order valence-corrected chi connectivity index (χ3v) is 3.77. The number of cyclic esters (lactones) is 1. The van der Waals surface area contributed by atoms with Gasteiger partial charge in [-0.15, -0.1) is 0 Å². The predicted octanol–water partition coefficient (Wildman–Crippen LogP) is 3.28. The molecular weight excluding hydrogens is 296 g/mol. The molecule has 0 bridgehead atoms. The second-order valence-corrected chi connectivity index (χ2v) is 6.80. The lowest BCUT2D eigenvalue weighted by Crippen LogP contribution is -2.46. The van der Waals surface area contributed by atoms with Crippen LogP contribution in [0.3, 0.4) is 0 Å². The van der Waals surface area contributed by atoms with Crippen LogP contribution in [0, 0.1) is 5.41 Å². The third-order valence-electron chi connectivity index (χ3n) is 3.77. The van der Waals surface area contributed by atoms with E-state index in [2.05, 4.69) is 0 Å². The van der Waals surface area contributed by atoms with E-state index in [0.29, 0.717) is 12.2 Å². The predicted molar refractivity (Wildman–Crippen MR) is 85.0 cm³/mol. The lowest BCUT2D eigenvalue weighted by atomic mass is 9.90. The molecule has 5 heteroatoms. The summed E-state index contributed by atoms with van der Waals surface area (Å²) in [5, 5.41) is 0. The summed E-state index contributed by atoms with van der Waals surface area (Å²) in [4.78, 5) is 24.1. The van der Waals surface area contributed by atoms with E-state index >= 15 is 0 Å². The summed E-state index contributed by atoms with van der Waals surface area (Å²) in [6, 6.07) is 6.80. The first kappa shape index (κ1) is 17.5. The van der Waals surface area contributed by atoms with Gasteiger partial charge in [0.1, 0.15) is 5.92 Å². The van der Waals surface area contributed by atoms with Crippen LogP contribution in [0.5, 0.6) is 0 Å². The van der Waals surface area contributed by atoms with Crippen molar-refractivity contribution in [3.05, 3.63) is 35.4 Å². The minimum absolute atomic E-state index is 0.275. The molecule has 5 nitrogen and oxygen atoms in total. The summed E-state index contributed by atoms with van der Waals surface area (Å²) >= 11 is 0. The van der Waals surface area contributed by atoms with Gasteiger partial charge in [0.25, 0.3) is 0 Å². The first-order valence-electron chi connectivity index (χ1n) is 7.87. The maximum Gasteiger partial charge on any atom is 0.338 e. The Balaban J connectivity index is 2.16. The molecule has 126 valence electrons. The van der Waals surface area contributed by atoms with Gasteiger partial charge in [-0.25, -0.2) is 4.79 Å². The third kappa shape index (κ3) is 3.91. The van der Waals surface area contributed by atoms with Gasteiger partial charge in [0.15, 0.2) is 0 Å². The molecule has 1 fully saturated rings. The van der Waals surface area contributed by atoms with Crippen LogP contribution in [0.2, 0.25) is 0 Å². The smallest absolute Gasteiger partial charge is 0.338 e. The SMILES string of the molecule is CCOC(=O)c1ccc([C@H]2C(=O)O[C@H](C(C)(C)C)O[C@@H]2C)cc1. The molecule has 0 N–H and O–H groups in total. The first-order chi connectivity index (χ1) is 10.7. The summed E-state index contributed by atoms with van der Waals surface area (Å²) in [5.74, 6) is -1.17. The molecule has 0 saturated carbocycles. The summed E-state index contributed by atoms with van der Waals surface area (Å²) in [5.41, 5.74) is 0.951. The summed E-state index contributed by atoms with van der Waals surface area (Å²) in [6.07, 6.45) is -0.853. The molecule has 0 aromatic heterocycles. The van der Waals surface area contributed by atoms with Crippen molar-refractivity contribution in [3.63, 3.8) is 0 Å². The van der Waals surface area contributed by atoms with Gasteiger partial charge in [0, 0.05) is 5.41 Å². The van der Waals surface area contributed by atoms with Gasteiger partial charge in [-0.2, -0.15) is 0 Å². The zero-order valence-electron chi connectivity index (χ0n) is 14.3. The Bertz CT molecular complexity index is 570. The lowest BCUT2D eigenvalue weighted by Gasteiger charge is -2.39. The van der Waals surface area contributed by atoms with Gasteiger partial charge in [-0.05, 0) is 31.5 Å². The van der Waals surface area contributed by atoms with Crippen LogP contribution < -0.4 is 0 Å². The van der Waals surface area contributed by atoms with Crippen LogP contribution >= 0.6 is 0 Å². The molecule has 1 aliphatic heterocycles. The highest BCUT2D eigenvalue weighted by Gasteiger charge is 2.42. The molecule has 23 heavy (non-hydrogen) atoms. The summed E-state index contributed by atoms with van der Waals surface area (Å²) in [7, 11) is 0. The molecule has 0 radical (unpaired) electrons. The number of hydrogen-bond acceptors (Lipinski definition) is 5. The Labute approximate surface area is 136 Å². The Morgan fingerprint density at radius 2 is 1.83 bits per heavy atom. The number of esters is 2. The molecule has 0 spiro atoms. The number of carbonyl (C=O) groups excluding carboxylic acids is 2. The van der Waals surface area contributed by atoms with E-state index in [1.165, 1.54) is 0 Å². The van der Waals surface area contributed by atoms with E-state index in [1.54, 1.807) is 31.2 Å². The van der Waals surface area contributed by atoms with Gasteiger partial charge in [-0.3, -0.25) is 4.79 Å². The van der Waals surface area contributed by atoms with Crippen molar-refractivity contribution in [1.29, 1.82) is 0 Å². The van der Waals surface area contributed by atoms with E-state index < -0.39 is 12.2 Å². The van der Waals surface area contributed by atoms with E-state index in [0.717, 1.165) is 5.56 Å². The maximum absolute atomic E-state index is 12.4. The quantitative estimate of drug-likeness (QED) is 0.800. The van der Waals surface area contributed by atoms with Crippen LogP contribution in [0.4, 0.5) is 0 Å². The molecule has 1 aromatic carbocycles. The Hall–Kier alpha value is -1.88. The van der Waals surface area contributed by atoms with E-state index in [9.17, 15) is 9.59 Å². The van der Waals surface area contributed by atoms with E-state index in [-0.39, 0.29) is 23.5 Å². The molecule has 1 saturated heterocycles. The topological polar surface area (TPSA) is 61.8 Å². The van der Waals surface area contributed by atoms with Crippen molar-refractivity contribution in [2.75, 3.05) is 6.61 Å². The first-order valence-corrected chi connectivity index (χ1v) is 7.87. The summed E-state index contributed by atoms with van der Waals surface area (Å²) < 4.78 is 16.3. The minimum atomic E-state index is -0.556. The van der Waals surface area contributed by atoms with Crippen molar-refractivity contribution in [2.45, 2.75) is 52.9 Å². The van der Waals surface area contributed by atoms with Gasteiger partial charge in [0.05, 0.1) is 18.3 Å². The second-order valence-electron chi connectivity index (χ2n) is 6.80. The van der Waals surface area contributed by atoms with Crippen molar-refractivity contribution in [3.8, 4) is 0 Å². The minimum Gasteiger partial charge on any atom is -0.462 e. The van der Waals surface area contributed by atoms with Crippen molar-refractivity contribution >= 4 is 11.9 Å². The molecule has 0 amide bonds. The fourth-order valence-corrected chi connectivity index (χ4v) is 2.50. The normalized spacial score (nSPS) is 24.9. The highest BCUT2D eigenvalue weighted by molar-refractivity contribution is 5.89. The van der Waals surface area contributed by atoms with Crippen molar-refractivity contribution < 1.29 is 23.8 Å². The zero-order chi connectivity index (χ0) is 17.2. The summed E-state index contributed by atoms with van der Waals surface area (Å²) in [6.45, 7) is 9.84. The lowest BCUT2D eigenvalue weighted by molar-refractivity contribution is -0.245. The highest BCUT2D eigenvalue weighted by Crippen LogP contribution is 2.35. The molecule has 0 aliphatic carbocycles. The van der Waals surface area contributed by atoms with Gasteiger partial charge in [-0.1, -0.05) is 32.9 Å². The maximum atomic E-state index is 12.4. The molecule has 1 aromatic rings. The average molecular weight is 320 g/mol. The Kier molecular flexibility index (Phi) is 5.09. The van der Waals surface area contributed by atoms with E-state index in [1.807, 2.05) is 27.7 Å². The second kappa shape index (κ2) is 6.71. The number of benzene rings is 1. The fraction of sp³-hybridized carbons (Fsp3) is 0.556. The van der Waals surface area contributed by atoms with Crippen LogP contribution in [0.25, 0.3) is 0 Å². The number of ether oxygens (including phenoxy) is 3. The molecule has 1 heterocycles. The van der Waals surface area contributed by atoms with Crippen LogP contribution in [-0.4, -0.2) is 30.9 Å². The average Bonchev–Trinajstić information content (AvgIpc) is 2.46. The monoisotopic (exact) mass is 320 g/mol. The zero-order valence-corrected chi connectivity index (χ0v) is 14.3. The largest absolute Gasteiger partial charge is 0.462 e. The van der Waals surface area contributed by atoms with Gasteiger partial charge < -0.3 is 14.2 Å². The molecule has 0 unspecified atom stereocenters. The van der Waals surface area contributed by atoms with Gasteiger partial charge >= 0.3 is 11.9 Å². The molecule has 1 aliphatic rings. The van der Waals surface area contributed by atoms with E-state index in [4.69, 9.17) is 14.2 Å². The Morgan fingerprint density at radius 1 is 1.22 bits per heavy atom. The Morgan fingerprint density at radius 3 is 2.30 bits per heavy atom. The van der Waals surface area contributed by atoms with Crippen LogP contribution in [0.15, 0.2) is 24.3 Å². The number of hydrogen-bond donors (Lipinski definition) is 0. The van der Waals surface area contributed by atoms with Crippen molar-refractivity contribution in [2.24, 2.45) is 5.41 Å². The van der Waals surface area contributed by atoms with Crippen LogP contribution in [0.1, 0.15) is 56.5 Å². The van der Waals surface area contributed by atoms with Crippen molar-refractivity contribution in [1.82, 2.24) is 0 Å². The number of rotatable bonds is 3. The molecule has 2 rings (SSSR count). The molecular formula is C18H24O5. The van der Waals surface area contributed by atoms with Crippen LogP contribution in [-0.2, 0) is 19.0 Å². The fourth-order valence-electron chi connectivity index (χ4n) is 2.50. The standard InChI is InChI=1S/C18H24O5/c1-6-21-15(19)13-9-7-12(8-10-13)14-11(2)22-17(18(3,4)5)23-16(14)20/h7-11,14,17H,6H2,1-5H3/t11-,14+,17-/m1/s1. The van der Waals surface area contributed by atoms with Gasteiger partial charge in [0.2, 0.25) is 6.29 Å². The number of carbonyl (C=O) groups is 2. The highest BCUT2D eigenvalue weighted by atomic mass is 16.7.